The van der Waals surface area contributed by atoms with Crippen LogP contribution in [0.2, 0.25) is 0 Å². The van der Waals surface area contributed by atoms with Gasteiger partial charge in [0.15, 0.2) is 6.29 Å². The quantitative estimate of drug-likeness (QED) is 0.311. The number of hydrogen-bond donors (Lipinski definition) is 4. The number of rotatable bonds is 8. The van der Waals surface area contributed by atoms with Crippen molar-refractivity contribution >= 4 is 0 Å². The zero-order chi connectivity index (χ0) is 28.1. The molecule has 0 radical (unpaired) electrons. The molecule has 0 bridgehead atoms. The van der Waals surface area contributed by atoms with Crippen LogP contribution in [0.15, 0.2) is 11.6 Å². The minimum atomic E-state index is -1.39. The molecule has 39 heavy (non-hydrogen) atoms. The van der Waals surface area contributed by atoms with E-state index in [0.717, 1.165) is 54.8 Å². The lowest BCUT2D eigenvalue weighted by Crippen LogP contribution is -2.60. The van der Waals surface area contributed by atoms with Crippen LogP contribution in [0.25, 0.3) is 0 Å². The van der Waals surface area contributed by atoms with Gasteiger partial charge in [-0.2, -0.15) is 0 Å². The highest BCUT2D eigenvalue weighted by molar-refractivity contribution is 5.25. The van der Waals surface area contributed by atoms with Gasteiger partial charge >= 0.3 is 0 Å². The predicted octanol–water partition coefficient (Wildman–Crippen LogP) is 5.21. The van der Waals surface area contributed by atoms with Crippen LogP contribution < -0.4 is 0 Å². The Labute approximate surface area is 236 Å². The number of hydrogen-bond acceptors (Lipinski definition) is 6. The van der Waals surface area contributed by atoms with Crippen molar-refractivity contribution in [3.63, 3.8) is 0 Å². The molecule has 0 amide bonds. The minimum absolute atomic E-state index is 0.0984. The summed E-state index contributed by atoms with van der Waals surface area (Å²) in [5, 5.41) is 40.3. The van der Waals surface area contributed by atoms with Gasteiger partial charge in [-0.25, -0.2) is 0 Å². The van der Waals surface area contributed by atoms with Gasteiger partial charge in [-0.05, 0) is 97.7 Å². The van der Waals surface area contributed by atoms with Gasteiger partial charge in [0.2, 0.25) is 0 Å². The highest BCUT2D eigenvalue weighted by Crippen LogP contribution is 2.67. The Morgan fingerprint density at radius 3 is 2.44 bits per heavy atom. The number of aliphatic hydroxyl groups excluding tert-OH is 4. The molecule has 5 rings (SSSR count). The van der Waals surface area contributed by atoms with Crippen molar-refractivity contribution in [2.75, 3.05) is 6.61 Å². The van der Waals surface area contributed by atoms with E-state index >= 15 is 0 Å². The van der Waals surface area contributed by atoms with Crippen molar-refractivity contribution in [1.29, 1.82) is 0 Å². The van der Waals surface area contributed by atoms with Gasteiger partial charge in [0.1, 0.15) is 24.4 Å². The first-order chi connectivity index (χ1) is 18.5. The Morgan fingerprint density at radius 1 is 0.949 bits per heavy atom. The molecule has 6 heteroatoms. The third kappa shape index (κ3) is 5.41. The van der Waals surface area contributed by atoms with E-state index in [1.54, 1.807) is 0 Å². The molecule has 224 valence electrons. The summed E-state index contributed by atoms with van der Waals surface area (Å²) in [5.41, 5.74) is 2.20. The average molecular weight is 549 g/mol. The molecule has 4 aliphatic carbocycles. The van der Waals surface area contributed by atoms with Crippen molar-refractivity contribution in [1.82, 2.24) is 0 Å². The summed E-state index contributed by atoms with van der Waals surface area (Å²) in [6, 6.07) is 0. The molecule has 13 atom stereocenters. The SMILES string of the molecule is CC(C)CCC[C@@H](C)[C@H]1CC[C@H]2[C@@H]3CC=C4C[C@@H](OC5O[C@H](CO)[C@H](O)[C@H](O)[C@H]5O)CC[C@]4(C)[C@H]3CC[C@]12C. The highest BCUT2D eigenvalue weighted by Gasteiger charge is 2.59. The Kier molecular flexibility index (Phi) is 8.95. The third-order valence-corrected chi connectivity index (χ3v) is 12.4. The second kappa shape index (κ2) is 11.6. The van der Waals surface area contributed by atoms with Gasteiger partial charge < -0.3 is 29.9 Å². The molecule has 1 heterocycles. The lowest BCUT2D eigenvalue weighted by molar-refractivity contribution is -0.313. The molecule has 0 aromatic carbocycles. The lowest BCUT2D eigenvalue weighted by Gasteiger charge is -2.58. The second-order valence-electron chi connectivity index (χ2n) is 15.0. The molecule has 1 unspecified atom stereocenters. The van der Waals surface area contributed by atoms with E-state index in [1.165, 1.54) is 56.9 Å². The van der Waals surface area contributed by atoms with Gasteiger partial charge in [0.05, 0.1) is 12.7 Å². The Hall–Kier alpha value is -0.500. The van der Waals surface area contributed by atoms with E-state index in [-0.39, 0.29) is 11.5 Å². The first-order valence-corrected chi connectivity index (χ1v) is 16.1. The van der Waals surface area contributed by atoms with E-state index in [2.05, 4.69) is 40.7 Å². The normalized spacial score (nSPS) is 48.7. The lowest BCUT2D eigenvalue weighted by atomic mass is 9.47. The fourth-order valence-electron chi connectivity index (χ4n) is 10.1. The van der Waals surface area contributed by atoms with Crippen LogP contribution in [-0.2, 0) is 9.47 Å². The monoisotopic (exact) mass is 548 g/mol. The summed E-state index contributed by atoms with van der Waals surface area (Å²) in [4.78, 5) is 0. The smallest absolute Gasteiger partial charge is 0.186 e. The van der Waals surface area contributed by atoms with Gasteiger partial charge in [0, 0.05) is 0 Å². The van der Waals surface area contributed by atoms with Crippen LogP contribution in [-0.4, -0.2) is 63.8 Å². The summed E-state index contributed by atoms with van der Waals surface area (Å²) in [5.74, 6) is 4.87. The first kappa shape index (κ1) is 30.0. The molecule has 1 saturated heterocycles. The van der Waals surface area contributed by atoms with E-state index in [1.807, 2.05) is 0 Å². The molecule has 6 nitrogen and oxygen atoms in total. The van der Waals surface area contributed by atoms with Crippen LogP contribution in [0.1, 0.15) is 105 Å². The van der Waals surface area contributed by atoms with Crippen LogP contribution in [0.4, 0.5) is 0 Å². The molecule has 0 aromatic rings. The van der Waals surface area contributed by atoms with Crippen molar-refractivity contribution in [3.05, 3.63) is 11.6 Å². The standard InChI is InChI=1S/C33H56O6/c1-19(2)7-6-8-20(3)24-11-12-25-23-10-9-21-17-22(13-15-32(21,4)26(23)14-16-33(24,25)5)38-31-30(37)29(36)28(35)27(18-34)39-31/h9,19-20,22-31,34-37H,6-8,10-18H2,1-5H3/t20-,22+,23+,24-,25+,26+,27-,28+,29+,30-,31?,32+,33-/m1/s1. The van der Waals surface area contributed by atoms with Gasteiger partial charge in [-0.15, -0.1) is 0 Å². The van der Waals surface area contributed by atoms with Crippen LogP contribution >= 0.6 is 0 Å². The molecule has 0 aromatic heterocycles. The fourth-order valence-corrected chi connectivity index (χ4v) is 10.1. The summed E-state index contributed by atoms with van der Waals surface area (Å²) in [6.45, 7) is 12.0. The van der Waals surface area contributed by atoms with Crippen LogP contribution in [0, 0.1) is 46.3 Å². The molecule has 4 fully saturated rings. The Bertz CT molecular complexity index is 872. The fraction of sp³-hybridized carbons (Fsp3) is 0.939. The van der Waals surface area contributed by atoms with Crippen molar-refractivity contribution in [3.8, 4) is 0 Å². The second-order valence-corrected chi connectivity index (χ2v) is 15.0. The van der Waals surface area contributed by atoms with Crippen molar-refractivity contribution in [2.24, 2.45) is 46.3 Å². The maximum absolute atomic E-state index is 10.5. The van der Waals surface area contributed by atoms with Crippen LogP contribution in [0.3, 0.4) is 0 Å². The molecule has 4 N–H and O–H groups in total. The summed E-state index contributed by atoms with van der Waals surface area (Å²) >= 11 is 0. The molecule has 1 aliphatic heterocycles. The predicted molar refractivity (Wildman–Crippen MR) is 152 cm³/mol. The van der Waals surface area contributed by atoms with E-state index in [9.17, 15) is 20.4 Å². The minimum Gasteiger partial charge on any atom is -0.394 e. The average Bonchev–Trinajstić information content (AvgIpc) is 3.26. The molecular formula is C33H56O6. The molecule has 5 aliphatic rings. The number of allylic oxidation sites excluding steroid dienone is 1. The third-order valence-electron chi connectivity index (χ3n) is 12.4. The molecule has 3 saturated carbocycles. The summed E-state index contributed by atoms with van der Waals surface area (Å²) < 4.78 is 11.9. The number of fused-ring (bicyclic) bond motifs is 5. The van der Waals surface area contributed by atoms with Crippen molar-refractivity contribution < 1.29 is 29.9 Å². The topological polar surface area (TPSA) is 99.4 Å². The van der Waals surface area contributed by atoms with Gasteiger partial charge in [0.25, 0.3) is 0 Å². The zero-order valence-electron chi connectivity index (χ0n) is 25.1. The summed E-state index contributed by atoms with van der Waals surface area (Å²) in [6.07, 6.45) is 9.98. The highest BCUT2D eigenvalue weighted by atomic mass is 16.7. The van der Waals surface area contributed by atoms with Gasteiger partial charge in [-0.3, -0.25) is 0 Å². The van der Waals surface area contributed by atoms with Crippen LogP contribution in [0.5, 0.6) is 0 Å². The maximum Gasteiger partial charge on any atom is 0.186 e. The molecular weight excluding hydrogens is 492 g/mol. The maximum atomic E-state index is 10.5. The van der Waals surface area contributed by atoms with Crippen molar-refractivity contribution in [2.45, 2.75) is 142 Å². The Morgan fingerprint density at radius 2 is 1.72 bits per heavy atom. The zero-order valence-corrected chi connectivity index (χ0v) is 25.1. The van der Waals surface area contributed by atoms with E-state index < -0.39 is 37.3 Å². The number of ether oxygens (including phenoxy) is 2. The first-order valence-electron chi connectivity index (χ1n) is 16.1. The Balaban J connectivity index is 1.24. The molecule has 0 spiro atoms. The van der Waals surface area contributed by atoms with E-state index in [4.69, 9.17) is 9.47 Å². The van der Waals surface area contributed by atoms with Gasteiger partial charge in [-0.1, -0.05) is 65.5 Å². The largest absolute Gasteiger partial charge is 0.394 e. The summed E-state index contributed by atoms with van der Waals surface area (Å²) in [7, 11) is 0. The number of aliphatic hydroxyl groups is 4. The van der Waals surface area contributed by atoms with E-state index in [0.29, 0.717) is 5.41 Å².